The molecule has 0 unspecified atom stereocenters. The zero-order valence-corrected chi connectivity index (χ0v) is 33.8. The number of rotatable bonds is 5. The van der Waals surface area contributed by atoms with Gasteiger partial charge in [-0.15, -0.1) is 0 Å². The standard InChI is InChI=1S/C57H34N6/c1-3-19-35(20-4-1)55-58-56(36-21-5-2-6-22-36)60-57(59-55)51-53(61-43-29-13-7-23-37(43)38-24-8-14-30-44(38)61)49-41-27-11-17-33-47(41)63-48-34-18-12-28-42(48)50(52(49)63)54(51)62-45-31-15-9-25-39(45)40-26-10-16-32-46(40)62/h1-34H. The Morgan fingerprint density at radius 2 is 0.571 bits per heavy atom. The van der Waals surface area contributed by atoms with E-state index in [1.807, 2.05) is 36.4 Å². The molecule has 292 valence electrons. The molecule has 0 aliphatic rings. The van der Waals surface area contributed by atoms with E-state index in [0.29, 0.717) is 17.5 Å². The van der Waals surface area contributed by atoms with Crippen molar-refractivity contribution < 1.29 is 0 Å². The molecule has 14 aromatic rings. The van der Waals surface area contributed by atoms with Gasteiger partial charge in [0.05, 0.1) is 55.6 Å². The summed E-state index contributed by atoms with van der Waals surface area (Å²) in [4.78, 5) is 16.5. The third-order valence-electron chi connectivity index (χ3n) is 13.0. The number of hydrogen-bond donors (Lipinski definition) is 0. The monoisotopic (exact) mass is 802 g/mol. The van der Waals surface area contributed by atoms with Crippen LogP contribution in [0.25, 0.3) is 127 Å². The molecule has 0 bridgehead atoms. The van der Waals surface area contributed by atoms with Crippen molar-refractivity contribution in [1.29, 1.82) is 0 Å². The molecule has 0 saturated carbocycles. The lowest BCUT2D eigenvalue weighted by atomic mass is 9.96. The van der Waals surface area contributed by atoms with Crippen molar-refractivity contribution in [2.45, 2.75) is 0 Å². The van der Waals surface area contributed by atoms with Crippen LogP contribution in [-0.4, -0.2) is 28.5 Å². The molecule has 63 heavy (non-hydrogen) atoms. The third-order valence-corrected chi connectivity index (χ3v) is 13.0. The second-order valence-corrected chi connectivity index (χ2v) is 16.3. The lowest BCUT2D eigenvalue weighted by Gasteiger charge is -2.22. The maximum absolute atomic E-state index is 5.62. The van der Waals surface area contributed by atoms with E-state index in [0.717, 1.165) is 88.2 Å². The van der Waals surface area contributed by atoms with Crippen molar-refractivity contribution >= 4 is 81.7 Å². The molecule has 6 heteroatoms. The zero-order chi connectivity index (χ0) is 41.2. The van der Waals surface area contributed by atoms with Crippen LogP contribution < -0.4 is 0 Å². The molecule has 6 nitrogen and oxygen atoms in total. The predicted octanol–water partition coefficient (Wildman–Crippen LogP) is 14.2. The molecule has 0 saturated heterocycles. The van der Waals surface area contributed by atoms with E-state index in [-0.39, 0.29) is 0 Å². The van der Waals surface area contributed by atoms with Crippen molar-refractivity contribution in [1.82, 2.24) is 28.5 Å². The van der Waals surface area contributed by atoms with Gasteiger partial charge in [0.2, 0.25) is 0 Å². The highest BCUT2D eigenvalue weighted by molar-refractivity contribution is 6.32. The second-order valence-electron chi connectivity index (χ2n) is 16.3. The summed E-state index contributed by atoms with van der Waals surface area (Å²) in [6, 6.07) is 73.5. The van der Waals surface area contributed by atoms with Crippen molar-refractivity contribution in [3.05, 3.63) is 206 Å². The van der Waals surface area contributed by atoms with Gasteiger partial charge in [-0.05, 0) is 36.4 Å². The first-order valence-electron chi connectivity index (χ1n) is 21.4. The Morgan fingerprint density at radius 1 is 0.270 bits per heavy atom. The number of benzene rings is 9. The van der Waals surface area contributed by atoms with Crippen LogP contribution in [0.15, 0.2) is 206 Å². The first kappa shape index (κ1) is 34.1. The summed E-state index contributed by atoms with van der Waals surface area (Å²) in [5, 5.41) is 9.34. The highest BCUT2D eigenvalue weighted by Gasteiger charge is 2.33. The maximum atomic E-state index is 5.62. The fourth-order valence-electron chi connectivity index (χ4n) is 10.5. The second kappa shape index (κ2) is 12.9. The van der Waals surface area contributed by atoms with Gasteiger partial charge in [-0.1, -0.05) is 170 Å². The Morgan fingerprint density at radius 3 is 0.952 bits per heavy atom. The van der Waals surface area contributed by atoms with Gasteiger partial charge in [0.15, 0.2) is 17.5 Å². The fraction of sp³-hybridized carbons (Fsp3) is 0. The third kappa shape index (κ3) is 4.69. The lowest BCUT2D eigenvalue weighted by molar-refractivity contribution is 1.06. The first-order chi connectivity index (χ1) is 31.3. The van der Waals surface area contributed by atoms with Crippen molar-refractivity contribution in [3.63, 3.8) is 0 Å². The van der Waals surface area contributed by atoms with Gasteiger partial charge in [-0.2, -0.15) is 0 Å². The molecular formula is C57H34N6. The summed E-state index contributed by atoms with van der Waals surface area (Å²) in [7, 11) is 0. The van der Waals surface area contributed by atoms with Crippen molar-refractivity contribution in [2.24, 2.45) is 0 Å². The molecule has 0 atom stereocenters. The van der Waals surface area contributed by atoms with E-state index in [9.17, 15) is 0 Å². The summed E-state index contributed by atoms with van der Waals surface area (Å²) in [5.74, 6) is 1.82. The predicted molar refractivity (Wildman–Crippen MR) is 259 cm³/mol. The molecule has 14 rings (SSSR count). The van der Waals surface area contributed by atoms with Crippen LogP contribution in [0.5, 0.6) is 0 Å². The van der Waals surface area contributed by atoms with Gasteiger partial charge in [0.1, 0.15) is 0 Å². The number of para-hydroxylation sites is 6. The minimum Gasteiger partial charge on any atom is -0.308 e. The average Bonchev–Trinajstić information content (AvgIpc) is 4.09. The van der Waals surface area contributed by atoms with Crippen molar-refractivity contribution in [2.75, 3.05) is 0 Å². The van der Waals surface area contributed by atoms with Crippen LogP contribution in [0.2, 0.25) is 0 Å². The van der Waals surface area contributed by atoms with E-state index >= 15 is 0 Å². The Kier molecular flexibility index (Phi) is 7.02. The Balaban J connectivity index is 1.33. The van der Waals surface area contributed by atoms with Gasteiger partial charge in [0, 0.05) is 54.2 Å². The van der Waals surface area contributed by atoms with Gasteiger partial charge in [0.25, 0.3) is 0 Å². The van der Waals surface area contributed by atoms with Gasteiger partial charge in [-0.3, -0.25) is 0 Å². The van der Waals surface area contributed by atoms with E-state index < -0.39 is 0 Å². The molecule has 0 N–H and O–H groups in total. The SMILES string of the molecule is c1ccc(-c2nc(-c3ccccc3)nc(-c3c(-n4c5ccccc5c5ccccc54)c4c5ccccc5n5c6ccccc6c(c3-n3c6ccccc6c6ccccc63)c45)n2)cc1. The van der Waals surface area contributed by atoms with E-state index in [4.69, 9.17) is 15.0 Å². The molecule has 0 radical (unpaired) electrons. The smallest absolute Gasteiger partial charge is 0.168 e. The van der Waals surface area contributed by atoms with E-state index in [1.54, 1.807) is 0 Å². The minimum atomic E-state index is 0.593. The Bertz CT molecular complexity index is 3770. The molecule has 9 aromatic carbocycles. The summed E-state index contributed by atoms with van der Waals surface area (Å²) < 4.78 is 7.47. The summed E-state index contributed by atoms with van der Waals surface area (Å²) in [6.45, 7) is 0. The van der Waals surface area contributed by atoms with Crippen LogP contribution in [0.1, 0.15) is 0 Å². The highest BCUT2D eigenvalue weighted by Crippen LogP contribution is 2.52. The molecule has 0 fully saturated rings. The zero-order valence-electron chi connectivity index (χ0n) is 33.8. The van der Waals surface area contributed by atoms with E-state index in [1.165, 1.54) is 21.5 Å². The molecule has 5 aromatic heterocycles. The largest absolute Gasteiger partial charge is 0.308 e. The van der Waals surface area contributed by atoms with Gasteiger partial charge < -0.3 is 13.5 Å². The molecular weight excluding hydrogens is 769 g/mol. The van der Waals surface area contributed by atoms with Crippen LogP contribution in [0, 0.1) is 0 Å². The number of nitrogens with zero attached hydrogens (tertiary/aromatic N) is 6. The molecule has 0 spiro atoms. The van der Waals surface area contributed by atoms with Crippen LogP contribution in [0.3, 0.4) is 0 Å². The highest BCUT2D eigenvalue weighted by atomic mass is 15.1. The normalized spacial score (nSPS) is 12.1. The van der Waals surface area contributed by atoms with Crippen LogP contribution in [-0.2, 0) is 0 Å². The Hall–Kier alpha value is -8.61. The molecule has 0 aliphatic heterocycles. The topological polar surface area (TPSA) is 52.9 Å². The summed E-state index contributed by atoms with van der Waals surface area (Å²) >= 11 is 0. The van der Waals surface area contributed by atoms with Crippen LogP contribution >= 0.6 is 0 Å². The quantitative estimate of drug-likeness (QED) is 0.174. The van der Waals surface area contributed by atoms with Gasteiger partial charge in [-0.25, -0.2) is 15.0 Å². The minimum absolute atomic E-state index is 0.593. The molecule has 0 amide bonds. The Labute approximate surface area is 360 Å². The van der Waals surface area contributed by atoms with Crippen molar-refractivity contribution in [3.8, 4) is 45.5 Å². The average molecular weight is 803 g/mol. The first-order valence-corrected chi connectivity index (χ1v) is 21.4. The van der Waals surface area contributed by atoms with Gasteiger partial charge >= 0.3 is 0 Å². The van der Waals surface area contributed by atoms with E-state index in [2.05, 4.69) is 183 Å². The number of fused-ring (bicyclic) bond motifs is 12. The number of hydrogen-bond acceptors (Lipinski definition) is 3. The maximum Gasteiger partial charge on any atom is 0.168 e. The fourth-order valence-corrected chi connectivity index (χ4v) is 10.5. The molecule has 5 heterocycles. The summed E-state index contributed by atoms with van der Waals surface area (Å²) in [6.07, 6.45) is 0. The lowest BCUT2D eigenvalue weighted by Crippen LogP contribution is -2.09. The molecule has 0 aliphatic carbocycles. The summed E-state index contributed by atoms with van der Waals surface area (Å²) in [5.41, 5.74) is 12.7. The number of aromatic nitrogens is 6. The van der Waals surface area contributed by atoms with Crippen LogP contribution in [0.4, 0.5) is 0 Å².